The Morgan fingerprint density at radius 1 is 1.04 bits per heavy atom. The predicted molar refractivity (Wildman–Crippen MR) is 82.3 cm³/mol. The average molecular weight is 314 g/mol. The molecule has 1 heterocycles. The fourth-order valence-electron chi connectivity index (χ4n) is 2.96. The monoisotopic (exact) mass is 314 g/mol. The lowest BCUT2D eigenvalue weighted by Crippen LogP contribution is -2.55. The third kappa shape index (κ3) is 3.08. The molecule has 0 radical (unpaired) electrons. The quantitative estimate of drug-likeness (QED) is 0.896. The van der Waals surface area contributed by atoms with Crippen molar-refractivity contribution in [3.8, 4) is 5.69 Å². The van der Waals surface area contributed by atoms with Gasteiger partial charge in [-0.05, 0) is 37.1 Å². The van der Waals surface area contributed by atoms with Gasteiger partial charge in [0, 0.05) is 11.3 Å². The van der Waals surface area contributed by atoms with Crippen molar-refractivity contribution in [2.24, 2.45) is 0 Å². The number of benzene rings is 1. The van der Waals surface area contributed by atoms with Crippen LogP contribution < -0.4 is 5.32 Å². The molecule has 120 valence electrons. The average Bonchev–Trinajstić information content (AvgIpc) is 3.10. The minimum absolute atomic E-state index is 0.357. The summed E-state index contributed by atoms with van der Waals surface area (Å²) in [6.07, 6.45) is 6.74. The van der Waals surface area contributed by atoms with E-state index in [1.807, 2.05) is 0 Å². The highest BCUT2D eigenvalue weighted by molar-refractivity contribution is 5.98. The number of rotatable bonds is 4. The first-order valence-corrected chi connectivity index (χ1v) is 7.62. The Kier molecular flexibility index (Phi) is 4.10. The first-order valence-electron chi connectivity index (χ1n) is 7.62. The zero-order valence-electron chi connectivity index (χ0n) is 12.6. The molecule has 1 saturated carbocycles. The molecule has 3 rings (SSSR count). The highest BCUT2D eigenvalue weighted by Gasteiger charge is 2.41. The molecule has 1 aromatic carbocycles. The van der Waals surface area contributed by atoms with Crippen molar-refractivity contribution in [2.75, 3.05) is 0 Å². The topological polar surface area (TPSA) is 97.1 Å². The van der Waals surface area contributed by atoms with Gasteiger partial charge in [0.15, 0.2) is 0 Å². The van der Waals surface area contributed by atoms with Crippen molar-refractivity contribution in [3.05, 3.63) is 42.5 Å². The van der Waals surface area contributed by atoms with Gasteiger partial charge in [-0.25, -0.2) is 4.79 Å². The predicted octanol–water partition coefficient (Wildman–Crippen LogP) is 1.78. The maximum absolute atomic E-state index is 12.4. The van der Waals surface area contributed by atoms with Gasteiger partial charge in [-0.15, -0.1) is 10.2 Å². The highest BCUT2D eigenvalue weighted by Crippen LogP contribution is 2.29. The maximum Gasteiger partial charge on any atom is 0.329 e. The van der Waals surface area contributed by atoms with E-state index < -0.39 is 11.5 Å². The van der Waals surface area contributed by atoms with Crippen LogP contribution in [0.15, 0.2) is 36.9 Å². The Balaban J connectivity index is 1.76. The van der Waals surface area contributed by atoms with Crippen molar-refractivity contribution in [1.82, 2.24) is 20.1 Å². The summed E-state index contributed by atoms with van der Waals surface area (Å²) in [5.41, 5.74) is 0.132. The highest BCUT2D eigenvalue weighted by atomic mass is 16.4. The lowest BCUT2D eigenvalue weighted by Gasteiger charge is -2.34. The van der Waals surface area contributed by atoms with Crippen LogP contribution in [0.2, 0.25) is 0 Å². The number of carboxylic acids is 1. The standard InChI is InChI=1S/C16H18N4O3/c21-14(19-16(15(22)23)8-2-1-3-9-16)12-4-6-13(7-5-12)20-10-17-18-11-20/h4-7,10-11H,1-3,8-9H2,(H,19,21)(H,22,23). The number of carbonyl (C=O) groups excluding carboxylic acids is 1. The van der Waals surface area contributed by atoms with E-state index in [9.17, 15) is 14.7 Å². The maximum atomic E-state index is 12.4. The molecule has 1 amide bonds. The van der Waals surface area contributed by atoms with Crippen LogP contribution in [0.25, 0.3) is 5.69 Å². The zero-order valence-corrected chi connectivity index (χ0v) is 12.6. The second-order valence-corrected chi connectivity index (χ2v) is 5.82. The first-order chi connectivity index (χ1) is 11.1. The van der Waals surface area contributed by atoms with Crippen molar-refractivity contribution in [1.29, 1.82) is 0 Å². The van der Waals surface area contributed by atoms with Gasteiger partial charge in [0.05, 0.1) is 0 Å². The molecular weight excluding hydrogens is 296 g/mol. The van der Waals surface area contributed by atoms with Crippen LogP contribution in [0, 0.1) is 0 Å². The summed E-state index contributed by atoms with van der Waals surface area (Å²) < 4.78 is 1.72. The summed E-state index contributed by atoms with van der Waals surface area (Å²) in [6.45, 7) is 0. The lowest BCUT2D eigenvalue weighted by molar-refractivity contribution is -0.145. The third-order valence-electron chi connectivity index (χ3n) is 4.32. The van der Waals surface area contributed by atoms with Gasteiger partial charge in [0.2, 0.25) is 0 Å². The summed E-state index contributed by atoms with van der Waals surface area (Å²) in [4.78, 5) is 24.0. The Bertz CT molecular complexity index is 689. The second kappa shape index (κ2) is 6.20. The van der Waals surface area contributed by atoms with Gasteiger partial charge in [-0.3, -0.25) is 9.36 Å². The van der Waals surface area contributed by atoms with E-state index in [-0.39, 0.29) is 5.91 Å². The largest absolute Gasteiger partial charge is 0.480 e. The van der Waals surface area contributed by atoms with Crippen molar-refractivity contribution >= 4 is 11.9 Å². The van der Waals surface area contributed by atoms with Gasteiger partial charge < -0.3 is 10.4 Å². The summed E-state index contributed by atoms with van der Waals surface area (Å²) >= 11 is 0. The Morgan fingerprint density at radius 2 is 1.65 bits per heavy atom. The zero-order chi connectivity index (χ0) is 16.3. The number of hydrogen-bond donors (Lipinski definition) is 2. The van der Waals surface area contributed by atoms with Crippen molar-refractivity contribution < 1.29 is 14.7 Å². The molecule has 2 aromatic rings. The number of nitrogens with zero attached hydrogens (tertiary/aromatic N) is 3. The van der Waals surface area contributed by atoms with Crippen LogP contribution in [0.1, 0.15) is 42.5 Å². The molecule has 0 spiro atoms. The van der Waals surface area contributed by atoms with Crippen LogP contribution in [0.5, 0.6) is 0 Å². The lowest BCUT2D eigenvalue weighted by atomic mass is 9.81. The Morgan fingerprint density at radius 3 is 2.22 bits per heavy atom. The fraction of sp³-hybridized carbons (Fsp3) is 0.375. The number of nitrogens with one attached hydrogen (secondary N) is 1. The summed E-state index contributed by atoms with van der Waals surface area (Å²) in [5, 5.41) is 19.7. The number of carbonyl (C=O) groups is 2. The smallest absolute Gasteiger partial charge is 0.329 e. The van der Waals surface area contributed by atoms with Crippen molar-refractivity contribution in [3.63, 3.8) is 0 Å². The van der Waals surface area contributed by atoms with Gasteiger partial charge in [0.25, 0.3) is 5.91 Å². The molecule has 23 heavy (non-hydrogen) atoms. The normalized spacial score (nSPS) is 16.7. The molecule has 1 aromatic heterocycles. The molecule has 1 aliphatic rings. The van der Waals surface area contributed by atoms with Crippen LogP contribution in [-0.2, 0) is 4.79 Å². The number of aliphatic carboxylic acids is 1. The molecule has 7 nitrogen and oxygen atoms in total. The van der Waals surface area contributed by atoms with Gasteiger partial charge in [-0.1, -0.05) is 19.3 Å². The summed E-state index contributed by atoms with van der Waals surface area (Å²) in [5.74, 6) is -1.31. The fourth-order valence-corrected chi connectivity index (χ4v) is 2.96. The van der Waals surface area contributed by atoms with Crippen LogP contribution >= 0.6 is 0 Å². The Labute approximate surface area is 133 Å². The minimum Gasteiger partial charge on any atom is -0.480 e. The van der Waals surface area contributed by atoms with Crippen LogP contribution in [-0.4, -0.2) is 37.3 Å². The molecule has 0 bridgehead atoms. The van der Waals surface area contributed by atoms with E-state index in [0.29, 0.717) is 18.4 Å². The van der Waals surface area contributed by atoms with Gasteiger partial charge in [0.1, 0.15) is 18.2 Å². The van der Waals surface area contributed by atoms with E-state index >= 15 is 0 Å². The van der Waals surface area contributed by atoms with Crippen LogP contribution in [0.3, 0.4) is 0 Å². The second-order valence-electron chi connectivity index (χ2n) is 5.82. The number of aromatic nitrogens is 3. The van der Waals surface area contributed by atoms with E-state index in [1.165, 1.54) is 0 Å². The summed E-state index contributed by atoms with van der Waals surface area (Å²) in [7, 11) is 0. The van der Waals surface area contributed by atoms with E-state index in [1.54, 1.807) is 41.5 Å². The SMILES string of the molecule is O=C(NC1(C(=O)O)CCCCC1)c1ccc(-n2cnnc2)cc1. The Hall–Kier alpha value is -2.70. The molecule has 1 fully saturated rings. The van der Waals surface area contributed by atoms with E-state index in [4.69, 9.17) is 0 Å². The molecule has 1 aliphatic carbocycles. The molecule has 0 saturated heterocycles. The van der Waals surface area contributed by atoms with Gasteiger partial charge in [-0.2, -0.15) is 0 Å². The molecule has 2 N–H and O–H groups in total. The van der Waals surface area contributed by atoms with Crippen LogP contribution in [0.4, 0.5) is 0 Å². The molecular formula is C16H18N4O3. The summed E-state index contributed by atoms with van der Waals surface area (Å²) in [6, 6.07) is 6.88. The number of hydrogen-bond acceptors (Lipinski definition) is 4. The minimum atomic E-state index is -1.14. The van der Waals surface area contributed by atoms with Gasteiger partial charge >= 0.3 is 5.97 Å². The van der Waals surface area contributed by atoms with E-state index in [0.717, 1.165) is 24.9 Å². The molecule has 0 unspecified atom stereocenters. The molecule has 7 heteroatoms. The number of carboxylic acid groups (broad SMARTS) is 1. The first kappa shape index (κ1) is 15.2. The van der Waals surface area contributed by atoms with E-state index in [2.05, 4.69) is 15.5 Å². The van der Waals surface area contributed by atoms with Crippen molar-refractivity contribution in [2.45, 2.75) is 37.6 Å². The molecule has 0 aliphatic heterocycles. The number of amides is 1. The third-order valence-corrected chi connectivity index (χ3v) is 4.32. The molecule has 0 atom stereocenters.